The van der Waals surface area contributed by atoms with E-state index < -0.39 is 0 Å². The fourth-order valence-electron chi connectivity index (χ4n) is 2.98. The van der Waals surface area contributed by atoms with Gasteiger partial charge in [0.05, 0.1) is 0 Å². The van der Waals surface area contributed by atoms with Gasteiger partial charge in [-0.25, -0.2) is 9.97 Å². The first kappa shape index (κ1) is 21.7. The van der Waals surface area contributed by atoms with Crippen LogP contribution in [0.2, 0.25) is 5.02 Å². The molecule has 0 atom stereocenters. The Morgan fingerprint density at radius 1 is 1.15 bits per heavy atom. The summed E-state index contributed by atoms with van der Waals surface area (Å²) in [5.74, 6) is 1.78. The molecule has 1 aliphatic rings. The van der Waals surface area contributed by atoms with Gasteiger partial charge in [0, 0.05) is 56.7 Å². The first-order valence-electron chi connectivity index (χ1n) is 9.06. The maximum absolute atomic E-state index is 6.05. The minimum absolute atomic E-state index is 0. The van der Waals surface area contributed by atoms with Gasteiger partial charge in [0.15, 0.2) is 5.96 Å². The normalized spacial score (nSPS) is 14.7. The molecule has 2 heterocycles. The second-order valence-electron chi connectivity index (χ2n) is 6.14. The van der Waals surface area contributed by atoms with E-state index in [0.29, 0.717) is 0 Å². The predicted octanol–water partition coefficient (Wildman–Crippen LogP) is 3.08. The van der Waals surface area contributed by atoms with E-state index in [1.165, 1.54) is 5.56 Å². The molecule has 1 saturated heterocycles. The van der Waals surface area contributed by atoms with Crippen LogP contribution in [0.15, 0.2) is 47.7 Å². The highest BCUT2D eigenvalue weighted by molar-refractivity contribution is 14.0. The Morgan fingerprint density at radius 3 is 2.56 bits per heavy atom. The maximum atomic E-state index is 6.05. The maximum Gasteiger partial charge on any atom is 0.225 e. The minimum atomic E-state index is 0. The highest BCUT2D eigenvalue weighted by Crippen LogP contribution is 2.12. The Labute approximate surface area is 183 Å². The van der Waals surface area contributed by atoms with Crippen LogP contribution in [0, 0.1) is 0 Å². The van der Waals surface area contributed by atoms with Crippen molar-refractivity contribution in [3.05, 3.63) is 53.3 Å². The van der Waals surface area contributed by atoms with Crippen molar-refractivity contribution in [3.63, 3.8) is 0 Å². The van der Waals surface area contributed by atoms with Crippen molar-refractivity contribution >= 4 is 47.5 Å². The van der Waals surface area contributed by atoms with Crippen LogP contribution < -0.4 is 10.2 Å². The number of rotatable bonds is 5. The van der Waals surface area contributed by atoms with Crippen molar-refractivity contribution in [1.29, 1.82) is 0 Å². The summed E-state index contributed by atoms with van der Waals surface area (Å²) in [7, 11) is 0. The van der Waals surface area contributed by atoms with Gasteiger partial charge in [-0.3, -0.25) is 4.99 Å². The Kier molecular flexibility index (Phi) is 9.06. The lowest BCUT2D eigenvalue weighted by atomic mass is 10.1. The molecule has 1 aromatic carbocycles. The molecule has 1 N–H and O–H groups in total. The third-order valence-corrected chi connectivity index (χ3v) is 4.54. The Hall–Kier alpha value is -1.61. The fraction of sp³-hybridized carbons (Fsp3) is 0.421. The minimum Gasteiger partial charge on any atom is -0.357 e. The third-order valence-electron chi connectivity index (χ3n) is 4.30. The molecule has 0 unspecified atom stereocenters. The smallest absolute Gasteiger partial charge is 0.225 e. The average Bonchev–Trinajstić information content (AvgIpc) is 2.68. The second-order valence-corrected chi connectivity index (χ2v) is 6.57. The number of anilines is 1. The number of piperazine rings is 1. The number of hydrogen-bond acceptors (Lipinski definition) is 4. The molecular weight excluding hydrogens is 475 g/mol. The van der Waals surface area contributed by atoms with Crippen molar-refractivity contribution in [2.24, 2.45) is 4.99 Å². The van der Waals surface area contributed by atoms with Crippen molar-refractivity contribution in [2.45, 2.75) is 13.3 Å². The first-order chi connectivity index (χ1) is 12.8. The molecule has 2 aromatic rings. The largest absolute Gasteiger partial charge is 0.357 e. The Morgan fingerprint density at radius 2 is 1.89 bits per heavy atom. The molecule has 0 saturated carbocycles. The molecule has 3 rings (SSSR count). The SMILES string of the molecule is CCNC(=NCCc1cccc(Cl)c1)N1CCN(c2ncccn2)CC1.I. The van der Waals surface area contributed by atoms with E-state index in [1.54, 1.807) is 12.4 Å². The Bertz CT molecular complexity index is 719. The monoisotopic (exact) mass is 500 g/mol. The molecule has 0 bridgehead atoms. The van der Waals surface area contributed by atoms with Crippen molar-refractivity contribution in [2.75, 3.05) is 44.2 Å². The number of aliphatic imine (C=N–C) groups is 1. The van der Waals surface area contributed by atoms with Gasteiger partial charge < -0.3 is 15.1 Å². The molecular formula is C19H26ClIN6. The first-order valence-corrected chi connectivity index (χ1v) is 9.43. The van der Waals surface area contributed by atoms with Gasteiger partial charge in [0.2, 0.25) is 5.95 Å². The van der Waals surface area contributed by atoms with E-state index in [1.807, 2.05) is 24.3 Å². The van der Waals surface area contributed by atoms with Gasteiger partial charge in [-0.15, -0.1) is 24.0 Å². The number of benzene rings is 1. The molecule has 0 spiro atoms. The topological polar surface area (TPSA) is 56.7 Å². The molecule has 27 heavy (non-hydrogen) atoms. The van der Waals surface area contributed by atoms with E-state index in [0.717, 1.165) is 62.6 Å². The summed E-state index contributed by atoms with van der Waals surface area (Å²) >= 11 is 6.05. The lowest BCUT2D eigenvalue weighted by Crippen LogP contribution is -2.53. The van der Waals surface area contributed by atoms with Crippen LogP contribution in [0.25, 0.3) is 0 Å². The highest BCUT2D eigenvalue weighted by atomic mass is 127. The fourth-order valence-corrected chi connectivity index (χ4v) is 3.19. The molecule has 1 aromatic heterocycles. The van der Waals surface area contributed by atoms with Gasteiger partial charge >= 0.3 is 0 Å². The third kappa shape index (κ3) is 6.49. The average molecular weight is 501 g/mol. The van der Waals surface area contributed by atoms with E-state index in [-0.39, 0.29) is 24.0 Å². The van der Waals surface area contributed by atoms with E-state index in [9.17, 15) is 0 Å². The summed E-state index contributed by atoms with van der Waals surface area (Å²) in [6.45, 7) is 7.29. The lowest BCUT2D eigenvalue weighted by Gasteiger charge is -2.36. The molecule has 8 heteroatoms. The lowest BCUT2D eigenvalue weighted by molar-refractivity contribution is 0.370. The Balaban J connectivity index is 0.00000261. The van der Waals surface area contributed by atoms with Crippen LogP contribution in [0.1, 0.15) is 12.5 Å². The van der Waals surface area contributed by atoms with Crippen molar-refractivity contribution in [1.82, 2.24) is 20.2 Å². The number of aromatic nitrogens is 2. The highest BCUT2D eigenvalue weighted by Gasteiger charge is 2.20. The summed E-state index contributed by atoms with van der Waals surface area (Å²) in [6.07, 6.45) is 4.46. The molecule has 0 aliphatic carbocycles. The van der Waals surface area contributed by atoms with Crippen LogP contribution >= 0.6 is 35.6 Å². The standard InChI is InChI=1S/C19H25ClN6.HI/c1-2-21-18(24-10-7-16-5-3-6-17(20)15-16)25-11-13-26(14-12-25)19-22-8-4-9-23-19;/h3-6,8-9,15H,2,7,10-14H2,1H3,(H,21,24);1H. The molecule has 0 radical (unpaired) electrons. The summed E-state index contributed by atoms with van der Waals surface area (Å²) in [6, 6.07) is 9.82. The number of nitrogens with zero attached hydrogens (tertiary/aromatic N) is 5. The zero-order chi connectivity index (χ0) is 18.2. The second kappa shape index (κ2) is 11.3. The van der Waals surface area contributed by atoms with E-state index in [2.05, 4.69) is 38.1 Å². The number of nitrogens with one attached hydrogen (secondary N) is 1. The van der Waals surface area contributed by atoms with Gasteiger partial charge in [-0.2, -0.15) is 0 Å². The quantitative estimate of drug-likeness (QED) is 0.388. The van der Waals surface area contributed by atoms with Crippen molar-refractivity contribution < 1.29 is 0 Å². The molecule has 0 amide bonds. The van der Waals surface area contributed by atoms with Crippen LogP contribution in [-0.4, -0.2) is 60.1 Å². The van der Waals surface area contributed by atoms with Crippen LogP contribution in [0.5, 0.6) is 0 Å². The van der Waals surface area contributed by atoms with Gasteiger partial charge in [-0.05, 0) is 37.1 Å². The van der Waals surface area contributed by atoms with Crippen LogP contribution in [-0.2, 0) is 6.42 Å². The molecule has 1 aliphatic heterocycles. The predicted molar refractivity (Wildman–Crippen MR) is 122 cm³/mol. The zero-order valence-electron chi connectivity index (χ0n) is 15.5. The van der Waals surface area contributed by atoms with Gasteiger partial charge in [-0.1, -0.05) is 23.7 Å². The summed E-state index contributed by atoms with van der Waals surface area (Å²) < 4.78 is 0. The van der Waals surface area contributed by atoms with E-state index in [4.69, 9.17) is 16.6 Å². The zero-order valence-corrected chi connectivity index (χ0v) is 18.6. The van der Waals surface area contributed by atoms with Gasteiger partial charge in [0.1, 0.15) is 0 Å². The van der Waals surface area contributed by atoms with Gasteiger partial charge in [0.25, 0.3) is 0 Å². The summed E-state index contributed by atoms with van der Waals surface area (Å²) in [5, 5.41) is 4.18. The molecule has 6 nitrogen and oxygen atoms in total. The molecule has 1 fully saturated rings. The van der Waals surface area contributed by atoms with Crippen molar-refractivity contribution in [3.8, 4) is 0 Å². The number of hydrogen-bond donors (Lipinski definition) is 1. The van der Waals surface area contributed by atoms with Crippen LogP contribution in [0.3, 0.4) is 0 Å². The number of halogens is 2. The number of guanidine groups is 1. The van der Waals surface area contributed by atoms with E-state index >= 15 is 0 Å². The van der Waals surface area contributed by atoms with Crippen LogP contribution in [0.4, 0.5) is 5.95 Å². The summed E-state index contributed by atoms with van der Waals surface area (Å²) in [4.78, 5) is 18.0. The summed E-state index contributed by atoms with van der Waals surface area (Å²) in [5.41, 5.74) is 1.21. The molecule has 146 valence electrons.